The van der Waals surface area contributed by atoms with E-state index in [1.165, 1.54) is 12.8 Å². The highest BCUT2D eigenvalue weighted by Crippen LogP contribution is 2.27. The lowest BCUT2D eigenvalue weighted by Gasteiger charge is -2.14. The van der Waals surface area contributed by atoms with Gasteiger partial charge in [-0.3, -0.25) is 9.36 Å². The molecule has 5 rings (SSSR count). The molecule has 0 bridgehead atoms. The number of aromatic nitrogens is 4. The number of hydrogen-bond acceptors (Lipinski definition) is 8. The van der Waals surface area contributed by atoms with Gasteiger partial charge in [0, 0.05) is 60.2 Å². The fourth-order valence-electron chi connectivity index (χ4n) is 3.72. The van der Waals surface area contributed by atoms with Gasteiger partial charge in [-0.15, -0.1) is 0 Å². The first-order chi connectivity index (χ1) is 17.6. The van der Waals surface area contributed by atoms with Gasteiger partial charge in [-0.25, -0.2) is 15.0 Å². The summed E-state index contributed by atoms with van der Waals surface area (Å²) in [6, 6.07) is 15.5. The number of hydrogen-bond donors (Lipinski definition) is 5. The summed E-state index contributed by atoms with van der Waals surface area (Å²) in [4.78, 5) is 26.1. The Morgan fingerprint density at radius 1 is 1.08 bits per heavy atom. The van der Waals surface area contributed by atoms with Crippen LogP contribution in [0.1, 0.15) is 28.8 Å². The van der Waals surface area contributed by atoms with Crippen molar-refractivity contribution in [3.63, 3.8) is 0 Å². The molecule has 1 aliphatic rings. The van der Waals surface area contributed by atoms with Gasteiger partial charge in [0.25, 0.3) is 5.91 Å². The zero-order chi connectivity index (χ0) is 24.9. The van der Waals surface area contributed by atoms with E-state index in [2.05, 4.69) is 36.2 Å². The fraction of sp³-hybridized carbons (Fsp3) is 0.231. The highest BCUT2D eigenvalue weighted by atomic mass is 16.1. The van der Waals surface area contributed by atoms with E-state index in [0.29, 0.717) is 42.1 Å². The van der Waals surface area contributed by atoms with Gasteiger partial charge in [0.1, 0.15) is 18.0 Å². The molecule has 1 aliphatic carbocycles. The average molecular weight is 484 g/mol. The van der Waals surface area contributed by atoms with Gasteiger partial charge in [-0.05, 0) is 55.7 Å². The van der Waals surface area contributed by atoms with Crippen molar-refractivity contribution in [3.05, 3.63) is 78.4 Å². The van der Waals surface area contributed by atoms with Crippen LogP contribution in [0.3, 0.4) is 0 Å². The molecule has 0 spiro atoms. The maximum absolute atomic E-state index is 12.9. The van der Waals surface area contributed by atoms with Crippen molar-refractivity contribution in [1.82, 2.24) is 19.5 Å². The highest BCUT2D eigenvalue weighted by Gasteiger charge is 2.21. The van der Waals surface area contributed by atoms with Crippen molar-refractivity contribution in [2.75, 3.05) is 34.4 Å². The van der Waals surface area contributed by atoms with Crippen LogP contribution in [0.4, 0.5) is 28.8 Å². The van der Waals surface area contributed by atoms with Gasteiger partial charge in [0.05, 0.1) is 0 Å². The minimum Gasteiger partial charge on any atom is -0.384 e. The molecule has 0 aliphatic heterocycles. The molecule has 2 heterocycles. The topological polar surface area (TPSA) is 135 Å². The Morgan fingerprint density at radius 3 is 2.81 bits per heavy atom. The standard InChI is InChI=1S/C26H29N9O/c1-17-5-6-21(33-25(36)18-3-2-4-20(13-18)28-10-9-27)14-22(17)34-26-29-11-12-35(26)24-15-23(30-16-31-24)32-19-7-8-19/h2-6,11-16,19,28H,7-10,27H2,1H3,(H,29,34)(H,33,36)(H,30,31,32). The van der Waals surface area contributed by atoms with Crippen LogP contribution in [0.2, 0.25) is 0 Å². The number of benzene rings is 2. The summed E-state index contributed by atoms with van der Waals surface area (Å²) in [6.07, 6.45) is 7.44. The molecule has 10 heteroatoms. The van der Waals surface area contributed by atoms with E-state index < -0.39 is 0 Å². The van der Waals surface area contributed by atoms with Gasteiger partial charge < -0.3 is 27.0 Å². The van der Waals surface area contributed by atoms with E-state index in [9.17, 15) is 4.79 Å². The summed E-state index contributed by atoms with van der Waals surface area (Å²) >= 11 is 0. The van der Waals surface area contributed by atoms with Crippen LogP contribution < -0.4 is 27.0 Å². The third kappa shape index (κ3) is 5.61. The van der Waals surface area contributed by atoms with Crippen LogP contribution in [0.25, 0.3) is 5.82 Å². The minimum atomic E-state index is -0.195. The van der Waals surface area contributed by atoms with Crippen LogP contribution in [0.15, 0.2) is 67.3 Å². The molecule has 0 atom stereocenters. The molecule has 6 N–H and O–H groups in total. The lowest BCUT2D eigenvalue weighted by atomic mass is 10.1. The number of rotatable bonds is 10. The van der Waals surface area contributed by atoms with Gasteiger partial charge in [-0.1, -0.05) is 12.1 Å². The van der Waals surface area contributed by atoms with E-state index in [0.717, 1.165) is 22.8 Å². The number of anilines is 5. The van der Waals surface area contributed by atoms with Crippen LogP contribution in [-0.4, -0.2) is 44.6 Å². The van der Waals surface area contributed by atoms with Crippen molar-refractivity contribution in [3.8, 4) is 5.82 Å². The van der Waals surface area contributed by atoms with E-state index in [-0.39, 0.29) is 5.91 Å². The smallest absolute Gasteiger partial charge is 0.255 e. The number of nitrogens with zero attached hydrogens (tertiary/aromatic N) is 4. The van der Waals surface area contributed by atoms with Crippen molar-refractivity contribution in [2.24, 2.45) is 5.73 Å². The van der Waals surface area contributed by atoms with Gasteiger partial charge in [0.2, 0.25) is 5.95 Å². The maximum Gasteiger partial charge on any atom is 0.255 e. The van der Waals surface area contributed by atoms with Crippen molar-refractivity contribution >= 4 is 34.7 Å². The average Bonchev–Trinajstić information content (AvgIpc) is 3.59. The maximum atomic E-state index is 12.9. The predicted molar refractivity (Wildman–Crippen MR) is 142 cm³/mol. The van der Waals surface area contributed by atoms with Crippen LogP contribution in [0.5, 0.6) is 0 Å². The van der Waals surface area contributed by atoms with E-state index in [4.69, 9.17) is 5.73 Å². The number of imidazole rings is 1. The zero-order valence-electron chi connectivity index (χ0n) is 20.0. The second-order valence-corrected chi connectivity index (χ2v) is 8.71. The quantitative estimate of drug-likeness (QED) is 0.229. The summed E-state index contributed by atoms with van der Waals surface area (Å²) in [5, 5.41) is 12.9. The van der Waals surface area contributed by atoms with Crippen LogP contribution in [0, 0.1) is 6.92 Å². The van der Waals surface area contributed by atoms with Crippen molar-refractivity contribution in [1.29, 1.82) is 0 Å². The highest BCUT2D eigenvalue weighted by molar-refractivity contribution is 6.05. The molecule has 1 amide bonds. The lowest BCUT2D eigenvalue weighted by Crippen LogP contribution is -2.15. The zero-order valence-corrected chi connectivity index (χ0v) is 20.0. The lowest BCUT2D eigenvalue weighted by molar-refractivity contribution is 0.102. The van der Waals surface area contributed by atoms with Gasteiger partial charge >= 0.3 is 0 Å². The third-order valence-electron chi connectivity index (χ3n) is 5.81. The normalized spacial score (nSPS) is 12.7. The summed E-state index contributed by atoms with van der Waals surface area (Å²) in [7, 11) is 0. The Kier molecular flexibility index (Phi) is 6.76. The fourth-order valence-corrected chi connectivity index (χ4v) is 3.72. The Balaban J connectivity index is 1.32. The molecule has 0 radical (unpaired) electrons. The Bertz CT molecular complexity index is 1360. The first kappa shape index (κ1) is 23.3. The first-order valence-corrected chi connectivity index (χ1v) is 11.9. The van der Waals surface area contributed by atoms with Crippen molar-refractivity contribution in [2.45, 2.75) is 25.8 Å². The molecule has 10 nitrogen and oxygen atoms in total. The van der Waals surface area contributed by atoms with E-state index in [1.807, 2.05) is 60.2 Å². The molecule has 2 aromatic heterocycles. The second kappa shape index (κ2) is 10.4. The molecule has 36 heavy (non-hydrogen) atoms. The number of nitrogens with one attached hydrogen (secondary N) is 4. The van der Waals surface area contributed by atoms with Crippen LogP contribution in [-0.2, 0) is 0 Å². The molecule has 184 valence electrons. The number of carbonyl (C=O) groups is 1. The Labute approximate surface area is 209 Å². The molecular weight excluding hydrogens is 454 g/mol. The first-order valence-electron chi connectivity index (χ1n) is 11.9. The number of amides is 1. The molecular formula is C26H29N9O. The molecule has 1 fully saturated rings. The minimum absolute atomic E-state index is 0.195. The SMILES string of the molecule is Cc1ccc(NC(=O)c2cccc(NCCN)c2)cc1Nc1nccn1-c1cc(NC2CC2)ncn1. The summed E-state index contributed by atoms with van der Waals surface area (Å²) in [5.41, 5.74) is 9.47. The molecule has 2 aromatic carbocycles. The second-order valence-electron chi connectivity index (χ2n) is 8.71. The van der Waals surface area contributed by atoms with Gasteiger partial charge in [-0.2, -0.15) is 0 Å². The summed E-state index contributed by atoms with van der Waals surface area (Å²) in [6.45, 7) is 3.15. The number of aryl methyl sites for hydroxylation is 1. The predicted octanol–water partition coefficient (Wildman–Crippen LogP) is 3.91. The molecule has 4 aromatic rings. The number of carbonyl (C=O) groups excluding carboxylic acids is 1. The summed E-state index contributed by atoms with van der Waals surface area (Å²) in [5.74, 6) is 1.92. The largest absolute Gasteiger partial charge is 0.384 e. The molecule has 1 saturated carbocycles. The monoisotopic (exact) mass is 483 g/mol. The summed E-state index contributed by atoms with van der Waals surface area (Å²) < 4.78 is 1.87. The van der Waals surface area contributed by atoms with E-state index >= 15 is 0 Å². The van der Waals surface area contributed by atoms with Crippen molar-refractivity contribution < 1.29 is 4.79 Å². The van der Waals surface area contributed by atoms with E-state index in [1.54, 1.807) is 18.6 Å². The molecule has 0 unspecified atom stereocenters. The Hall–Kier alpha value is -4.44. The third-order valence-corrected chi connectivity index (χ3v) is 5.81. The van der Waals surface area contributed by atoms with Crippen LogP contribution >= 0.6 is 0 Å². The van der Waals surface area contributed by atoms with Gasteiger partial charge in [0.15, 0.2) is 0 Å². The number of nitrogens with two attached hydrogens (primary N) is 1. The molecule has 0 saturated heterocycles. The Morgan fingerprint density at radius 2 is 1.97 bits per heavy atom.